The minimum absolute atomic E-state index is 0.0339. The van der Waals surface area contributed by atoms with E-state index in [2.05, 4.69) is 16.0 Å². The Morgan fingerprint density at radius 1 is 1.17 bits per heavy atom. The fraction of sp³-hybridized carbons (Fsp3) is 0.458. The standard InChI is InChI=1S/C24H30N4O2/c1-17-7-8-21(18(2)10-17)22(29)28-14-20-13-27(12-19-6-5-9-25-11-19)15-24(20,16-28)23(30)26(3)4/h5-11,20H,12-16H2,1-4H3/t20-,24-/m0/s1. The summed E-state index contributed by atoms with van der Waals surface area (Å²) in [5, 5.41) is 0. The highest BCUT2D eigenvalue weighted by Crippen LogP contribution is 2.44. The molecule has 0 saturated carbocycles. The maximum absolute atomic E-state index is 13.3. The van der Waals surface area contributed by atoms with Crippen LogP contribution in [-0.4, -0.2) is 71.8 Å². The lowest BCUT2D eigenvalue weighted by Crippen LogP contribution is -2.47. The second-order valence-electron chi connectivity index (χ2n) is 9.09. The van der Waals surface area contributed by atoms with Crippen molar-refractivity contribution in [2.45, 2.75) is 20.4 Å². The molecule has 158 valence electrons. The van der Waals surface area contributed by atoms with Crippen LogP contribution in [0.5, 0.6) is 0 Å². The molecule has 6 nitrogen and oxygen atoms in total. The van der Waals surface area contributed by atoms with Crippen LogP contribution in [0.15, 0.2) is 42.7 Å². The summed E-state index contributed by atoms with van der Waals surface area (Å²) in [6, 6.07) is 9.94. The van der Waals surface area contributed by atoms with Gasteiger partial charge in [0.25, 0.3) is 5.91 Å². The van der Waals surface area contributed by atoms with Crippen LogP contribution < -0.4 is 0 Å². The van der Waals surface area contributed by atoms with Crippen molar-refractivity contribution in [2.75, 3.05) is 40.3 Å². The molecule has 2 aliphatic rings. The van der Waals surface area contributed by atoms with Gasteiger partial charge in [-0.1, -0.05) is 23.8 Å². The molecule has 0 spiro atoms. The molecule has 2 saturated heterocycles. The van der Waals surface area contributed by atoms with E-state index >= 15 is 0 Å². The number of aryl methyl sites for hydroxylation is 2. The molecule has 0 aliphatic carbocycles. The average Bonchev–Trinajstić information content (AvgIpc) is 3.22. The van der Waals surface area contributed by atoms with Crippen molar-refractivity contribution in [1.82, 2.24) is 19.7 Å². The minimum atomic E-state index is -0.542. The first-order chi connectivity index (χ1) is 14.3. The predicted molar refractivity (Wildman–Crippen MR) is 116 cm³/mol. The molecule has 2 amide bonds. The van der Waals surface area contributed by atoms with Gasteiger partial charge in [-0.05, 0) is 37.1 Å². The highest BCUT2D eigenvalue weighted by Gasteiger charge is 2.58. The van der Waals surface area contributed by atoms with Gasteiger partial charge >= 0.3 is 0 Å². The van der Waals surface area contributed by atoms with Gasteiger partial charge in [0.2, 0.25) is 5.91 Å². The van der Waals surface area contributed by atoms with Crippen LogP contribution in [0.1, 0.15) is 27.0 Å². The Morgan fingerprint density at radius 2 is 1.97 bits per heavy atom. The Hall–Kier alpha value is -2.73. The molecule has 0 unspecified atom stereocenters. The van der Waals surface area contributed by atoms with Crippen LogP contribution in [0.25, 0.3) is 0 Å². The molecule has 4 rings (SSSR count). The zero-order valence-electron chi connectivity index (χ0n) is 18.3. The Bertz CT molecular complexity index is 959. The first-order valence-electron chi connectivity index (χ1n) is 10.5. The molecule has 2 aromatic rings. The van der Waals surface area contributed by atoms with Gasteiger partial charge in [0.05, 0.1) is 5.41 Å². The van der Waals surface area contributed by atoms with Crippen molar-refractivity contribution < 1.29 is 9.59 Å². The van der Waals surface area contributed by atoms with Crippen molar-refractivity contribution in [2.24, 2.45) is 11.3 Å². The quantitative estimate of drug-likeness (QED) is 0.782. The first-order valence-corrected chi connectivity index (χ1v) is 10.5. The van der Waals surface area contributed by atoms with Crippen LogP contribution in [0.3, 0.4) is 0 Å². The molecule has 6 heteroatoms. The largest absolute Gasteiger partial charge is 0.348 e. The Balaban J connectivity index is 1.57. The van der Waals surface area contributed by atoms with Crippen molar-refractivity contribution in [3.05, 3.63) is 65.0 Å². The van der Waals surface area contributed by atoms with Crippen molar-refractivity contribution in [3.63, 3.8) is 0 Å². The monoisotopic (exact) mass is 406 g/mol. The molecule has 30 heavy (non-hydrogen) atoms. The number of hydrogen-bond acceptors (Lipinski definition) is 4. The van der Waals surface area contributed by atoms with E-state index < -0.39 is 5.41 Å². The highest BCUT2D eigenvalue weighted by molar-refractivity contribution is 5.97. The molecular weight excluding hydrogens is 376 g/mol. The normalized spacial score (nSPS) is 23.5. The summed E-state index contributed by atoms with van der Waals surface area (Å²) < 4.78 is 0. The van der Waals surface area contributed by atoms with Gasteiger partial charge < -0.3 is 9.80 Å². The maximum Gasteiger partial charge on any atom is 0.254 e. The molecule has 2 atom stereocenters. The average molecular weight is 407 g/mol. The lowest BCUT2D eigenvalue weighted by Gasteiger charge is -2.31. The lowest BCUT2D eigenvalue weighted by atomic mass is 9.80. The minimum Gasteiger partial charge on any atom is -0.348 e. The van der Waals surface area contributed by atoms with Crippen LogP contribution in [0, 0.1) is 25.2 Å². The fourth-order valence-electron chi connectivity index (χ4n) is 5.17. The number of nitrogens with zero attached hydrogens (tertiary/aromatic N) is 4. The van der Waals surface area contributed by atoms with Crippen LogP contribution in [0.2, 0.25) is 0 Å². The fourth-order valence-corrected chi connectivity index (χ4v) is 5.17. The number of likely N-dealkylation sites (tertiary alicyclic amines) is 2. The van der Waals surface area contributed by atoms with Gasteiger partial charge in [-0.15, -0.1) is 0 Å². The summed E-state index contributed by atoms with van der Waals surface area (Å²) in [5.74, 6) is 0.294. The summed E-state index contributed by atoms with van der Waals surface area (Å²) in [6.45, 7) is 7.36. The lowest BCUT2D eigenvalue weighted by molar-refractivity contribution is -0.139. The van der Waals surface area contributed by atoms with Gasteiger partial charge in [-0.2, -0.15) is 0 Å². The van der Waals surface area contributed by atoms with Crippen molar-refractivity contribution in [1.29, 1.82) is 0 Å². The third kappa shape index (κ3) is 3.60. The van der Waals surface area contributed by atoms with Gasteiger partial charge in [-0.25, -0.2) is 0 Å². The van der Waals surface area contributed by atoms with Crippen LogP contribution >= 0.6 is 0 Å². The third-order valence-electron chi connectivity index (χ3n) is 6.54. The predicted octanol–water partition coefficient (Wildman–Crippen LogP) is 2.36. The molecular formula is C24H30N4O2. The third-order valence-corrected chi connectivity index (χ3v) is 6.54. The number of carbonyl (C=O) groups is 2. The van der Waals surface area contributed by atoms with E-state index in [1.807, 2.05) is 63.3 Å². The number of amides is 2. The Kier molecular flexibility index (Phi) is 5.36. The second kappa shape index (κ2) is 7.84. The molecule has 2 fully saturated rings. The van der Waals surface area contributed by atoms with Crippen molar-refractivity contribution >= 4 is 11.8 Å². The van der Waals surface area contributed by atoms with E-state index in [4.69, 9.17) is 0 Å². The van der Waals surface area contributed by atoms with E-state index in [0.717, 1.165) is 35.3 Å². The highest BCUT2D eigenvalue weighted by atomic mass is 16.2. The zero-order chi connectivity index (χ0) is 21.5. The molecule has 3 heterocycles. The molecule has 1 aromatic carbocycles. The van der Waals surface area contributed by atoms with Gasteiger partial charge in [0.15, 0.2) is 0 Å². The number of fused-ring (bicyclic) bond motifs is 1. The number of rotatable bonds is 4. The first kappa shape index (κ1) is 20.5. The summed E-state index contributed by atoms with van der Waals surface area (Å²) in [4.78, 5) is 36.7. The van der Waals surface area contributed by atoms with Gasteiger partial charge in [0, 0.05) is 70.7 Å². The molecule has 1 aromatic heterocycles. The molecule has 0 N–H and O–H groups in total. The summed E-state index contributed by atoms with van der Waals surface area (Å²) in [5.41, 5.74) is 3.48. The molecule has 2 aliphatic heterocycles. The zero-order valence-corrected chi connectivity index (χ0v) is 18.3. The second-order valence-corrected chi connectivity index (χ2v) is 9.09. The van der Waals surface area contributed by atoms with E-state index in [1.165, 1.54) is 0 Å². The van der Waals surface area contributed by atoms with E-state index in [-0.39, 0.29) is 17.7 Å². The van der Waals surface area contributed by atoms with Gasteiger partial charge in [0.1, 0.15) is 0 Å². The number of pyridine rings is 1. The number of benzene rings is 1. The van der Waals surface area contributed by atoms with Crippen LogP contribution in [0.4, 0.5) is 0 Å². The van der Waals surface area contributed by atoms with E-state index in [1.54, 1.807) is 11.1 Å². The van der Waals surface area contributed by atoms with E-state index in [9.17, 15) is 9.59 Å². The Labute approximate surface area is 178 Å². The SMILES string of the molecule is Cc1ccc(C(=O)N2C[C@@H]3CN(Cc4cccnc4)C[C@]3(C(=O)N(C)C)C2)c(C)c1. The molecule has 0 radical (unpaired) electrons. The molecule has 0 bridgehead atoms. The number of aromatic nitrogens is 1. The summed E-state index contributed by atoms with van der Waals surface area (Å²) in [7, 11) is 3.62. The van der Waals surface area contributed by atoms with Crippen molar-refractivity contribution in [3.8, 4) is 0 Å². The maximum atomic E-state index is 13.3. The number of hydrogen-bond donors (Lipinski definition) is 0. The summed E-state index contributed by atoms with van der Waals surface area (Å²) >= 11 is 0. The smallest absolute Gasteiger partial charge is 0.254 e. The summed E-state index contributed by atoms with van der Waals surface area (Å²) in [6.07, 6.45) is 3.65. The van der Waals surface area contributed by atoms with Gasteiger partial charge in [-0.3, -0.25) is 19.5 Å². The number of carbonyl (C=O) groups excluding carboxylic acids is 2. The Morgan fingerprint density at radius 3 is 2.63 bits per heavy atom. The van der Waals surface area contributed by atoms with E-state index in [0.29, 0.717) is 19.6 Å². The van der Waals surface area contributed by atoms with Crippen LogP contribution in [-0.2, 0) is 11.3 Å². The topological polar surface area (TPSA) is 56.8 Å².